The Balaban J connectivity index is 1.58. The summed E-state index contributed by atoms with van der Waals surface area (Å²) in [5, 5.41) is 14.1. The van der Waals surface area contributed by atoms with Crippen LogP contribution in [0.25, 0.3) is 0 Å². The summed E-state index contributed by atoms with van der Waals surface area (Å²) >= 11 is 1.60. The number of hydrogen-bond acceptors (Lipinski definition) is 4. The molecule has 3 atom stereocenters. The second-order valence-corrected chi connectivity index (χ2v) is 7.21. The van der Waals surface area contributed by atoms with Crippen LogP contribution in [0.4, 0.5) is 5.13 Å². The van der Waals surface area contributed by atoms with Crippen LogP contribution in [0.15, 0.2) is 0 Å². The van der Waals surface area contributed by atoms with E-state index in [9.17, 15) is 5.11 Å². The molecule has 0 saturated heterocycles. The zero-order valence-electron chi connectivity index (χ0n) is 11.1. The van der Waals surface area contributed by atoms with Gasteiger partial charge in [0, 0.05) is 6.54 Å². The predicted molar refractivity (Wildman–Crippen MR) is 75.3 cm³/mol. The first-order valence-corrected chi connectivity index (χ1v) is 7.88. The van der Waals surface area contributed by atoms with Crippen LogP contribution < -0.4 is 5.32 Å². The van der Waals surface area contributed by atoms with Crippen molar-refractivity contribution in [3.63, 3.8) is 0 Å². The molecule has 0 spiro atoms. The molecule has 2 bridgehead atoms. The van der Waals surface area contributed by atoms with E-state index < -0.39 is 0 Å². The molecule has 3 rings (SSSR count). The van der Waals surface area contributed by atoms with E-state index in [0.717, 1.165) is 34.3 Å². The Bertz CT molecular complexity index is 429. The van der Waals surface area contributed by atoms with Crippen LogP contribution in [0.5, 0.6) is 5.88 Å². The Morgan fingerprint density at radius 1 is 1.39 bits per heavy atom. The van der Waals surface area contributed by atoms with Crippen LogP contribution in [-0.4, -0.2) is 16.6 Å². The van der Waals surface area contributed by atoms with Crippen molar-refractivity contribution < 1.29 is 5.11 Å². The van der Waals surface area contributed by atoms with E-state index >= 15 is 0 Å². The van der Waals surface area contributed by atoms with Crippen molar-refractivity contribution in [3.05, 3.63) is 4.88 Å². The molecular weight excluding hydrogens is 244 g/mol. The van der Waals surface area contributed by atoms with Crippen LogP contribution >= 0.6 is 11.3 Å². The lowest BCUT2D eigenvalue weighted by Crippen LogP contribution is -2.19. The van der Waals surface area contributed by atoms with Gasteiger partial charge in [0.25, 0.3) is 0 Å². The molecule has 0 aromatic carbocycles. The van der Waals surface area contributed by atoms with Crippen LogP contribution in [-0.2, 0) is 0 Å². The molecule has 0 radical (unpaired) electrons. The minimum absolute atomic E-state index is 0.213. The fourth-order valence-electron chi connectivity index (χ4n) is 3.62. The van der Waals surface area contributed by atoms with Crippen LogP contribution in [0.2, 0.25) is 0 Å². The van der Waals surface area contributed by atoms with E-state index in [1.165, 1.54) is 25.7 Å². The smallest absolute Gasteiger partial charge is 0.227 e. The zero-order valence-corrected chi connectivity index (χ0v) is 12.0. The predicted octanol–water partition coefficient (Wildman–Crippen LogP) is 3.82. The minimum atomic E-state index is 0.213. The summed E-state index contributed by atoms with van der Waals surface area (Å²) in [6.07, 6.45) is 5.73. The van der Waals surface area contributed by atoms with Crippen molar-refractivity contribution in [1.82, 2.24) is 4.98 Å². The average molecular weight is 266 g/mol. The van der Waals surface area contributed by atoms with E-state index in [-0.39, 0.29) is 5.88 Å². The molecule has 0 aliphatic heterocycles. The van der Waals surface area contributed by atoms with Crippen molar-refractivity contribution in [2.75, 3.05) is 11.9 Å². The lowest BCUT2D eigenvalue weighted by Gasteiger charge is -2.21. The Labute approximate surface area is 113 Å². The van der Waals surface area contributed by atoms with Gasteiger partial charge in [-0.25, -0.2) is 0 Å². The molecule has 2 aliphatic rings. The first-order valence-electron chi connectivity index (χ1n) is 7.07. The summed E-state index contributed by atoms with van der Waals surface area (Å²) in [5.74, 6) is 3.33. The number of rotatable bonds is 4. The van der Waals surface area contributed by atoms with Crippen LogP contribution in [0.1, 0.15) is 50.3 Å². The number of aromatic hydroxyl groups is 1. The second kappa shape index (κ2) is 4.72. The van der Waals surface area contributed by atoms with E-state index in [2.05, 4.69) is 24.1 Å². The molecule has 1 aromatic heterocycles. The Kier molecular flexibility index (Phi) is 3.22. The molecule has 3 nitrogen and oxygen atoms in total. The maximum Gasteiger partial charge on any atom is 0.227 e. The number of nitrogens with zero attached hydrogens (tertiary/aromatic N) is 1. The van der Waals surface area contributed by atoms with Gasteiger partial charge in [0.1, 0.15) is 0 Å². The van der Waals surface area contributed by atoms with Gasteiger partial charge in [0.15, 0.2) is 5.13 Å². The summed E-state index contributed by atoms with van der Waals surface area (Å²) in [5.41, 5.74) is 0. The van der Waals surface area contributed by atoms with Gasteiger partial charge in [0.05, 0.1) is 4.88 Å². The number of thiazole rings is 1. The molecule has 1 aromatic rings. The average Bonchev–Trinajstić information content (AvgIpc) is 3.00. The first-order chi connectivity index (χ1) is 8.63. The summed E-state index contributed by atoms with van der Waals surface area (Å²) in [6.45, 7) is 5.21. The van der Waals surface area contributed by atoms with Crippen molar-refractivity contribution >= 4 is 16.5 Å². The standard InChI is InChI=1S/C14H22N2OS/c1-8(2)12-13(17)16-14(18-12)15-7-11-6-9-3-4-10(11)5-9/h8-11,17H,3-7H2,1-2H3,(H,15,16)/t9-,10+,11-/m1/s1. The highest BCUT2D eigenvalue weighted by molar-refractivity contribution is 7.16. The molecule has 2 aliphatic carbocycles. The number of nitrogens with one attached hydrogen (secondary N) is 1. The second-order valence-electron chi connectivity index (χ2n) is 6.18. The van der Waals surface area contributed by atoms with Gasteiger partial charge >= 0.3 is 0 Å². The normalized spacial score (nSPS) is 30.3. The van der Waals surface area contributed by atoms with E-state index in [4.69, 9.17) is 0 Å². The van der Waals surface area contributed by atoms with Gasteiger partial charge in [-0.05, 0) is 42.9 Å². The third-order valence-corrected chi connectivity index (χ3v) is 5.86. The van der Waals surface area contributed by atoms with Gasteiger partial charge in [-0.1, -0.05) is 31.6 Å². The van der Waals surface area contributed by atoms with Gasteiger partial charge < -0.3 is 10.4 Å². The summed E-state index contributed by atoms with van der Waals surface area (Å²) in [6, 6.07) is 0. The van der Waals surface area contributed by atoms with E-state index in [0.29, 0.717) is 5.92 Å². The highest BCUT2D eigenvalue weighted by Gasteiger charge is 2.39. The number of anilines is 1. The Morgan fingerprint density at radius 3 is 2.78 bits per heavy atom. The molecule has 2 N–H and O–H groups in total. The lowest BCUT2D eigenvalue weighted by atomic mass is 9.89. The number of aromatic nitrogens is 1. The fourth-order valence-corrected chi connectivity index (χ4v) is 4.49. The molecule has 4 heteroatoms. The number of fused-ring (bicyclic) bond motifs is 2. The maximum atomic E-state index is 9.76. The van der Waals surface area contributed by atoms with E-state index in [1.807, 2.05) is 0 Å². The molecular formula is C14H22N2OS. The van der Waals surface area contributed by atoms with Crippen LogP contribution in [0, 0.1) is 17.8 Å². The van der Waals surface area contributed by atoms with Gasteiger partial charge in [-0.3, -0.25) is 0 Å². The SMILES string of the molecule is CC(C)c1sc(NC[C@H]2C[C@@H]3CC[C@H]2C3)nc1O. The first kappa shape index (κ1) is 12.3. The molecule has 2 saturated carbocycles. The van der Waals surface area contributed by atoms with Crippen molar-refractivity contribution in [2.45, 2.75) is 45.4 Å². The molecule has 1 heterocycles. The van der Waals surface area contributed by atoms with E-state index in [1.54, 1.807) is 11.3 Å². The highest BCUT2D eigenvalue weighted by atomic mass is 32.1. The largest absolute Gasteiger partial charge is 0.492 e. The highest BCUT2D eigenvalue weighted by Crippen LogP contribution is 2.48. The Morgan fingerprint density at radius 2 is 2.22 bits per heavy atom. The molecule has 100 valence electrons. The van der Waals surface area contributed by atoms with Gasteiger partial charge in [-0.2, -0.15) is 4.98 Å². The summed E-state index contributed by atoms with van der Waals surface area (Å²) in [4.78, 5) is 5.21. The van der Waals surface area contributed by atoms with Crippen molar-refractivity contribution in [3.8, 4) is 5.88 Å². The fraction of sp³-hybridized carbons (Fsp3) is 0.786. The molecule has 0 amide bonds. The minimum Gasteiger partial charge on any atom is -0.492 e. The Hall–Kier alpha value is -0.770. The third-order valence-electron chi connectivity index (χ3n) is 4.56. The number of hydrogen-bond donors (Lipinski definition) is 2. The lowest BCUT2D eigenvalue weighted by molar-refractivity contribution is 0.348. The summed E-state index contributed by atoms with van der Waals surface area (Å²) in [7, 11) is 0. The maximum absolute atomic E-state index is 9.76. The molecule has 2 fully saturated rings. The van der Waals surface area contributed by atoms with Crippen LogP contribution in [0.3, 0.4) is 0 Å². The summed E-state index contributed by atoms with van der Waals surface area (Å²) < 4.78 is 0. The van der Waals surface area contributed by atoms with Gasteiger partial charge in [0.2, 0.25) is 5.88 Å². The van der Waals surface area contributed by atoms with Crippen molar-refractivity contribution in [2.24, 2.45) is 17.8 Å². The van der Waals surface area contributed by atoms with Crippen molar-refractivity contribution in [1.29, 1.82) is 0 Å². The molecule has 18 heavy (non-hydrogen) atoms. The monoisotopic (exact) mass is 266 g/mol. The topological polar surface area (TPSA) is 45.2 Å². The third kappa shape index (κ3) is 2.22. The quantitative estimate of drug-likeness (QED) is 0.870. The van der Waals surface area contributed by atoms with Gasteiger partial charge in [-0.15, -0.1) is 0 Å². The molecule has 0 unspecified atom stereocenters. The zero-order chi connectivity index (χ0) is 12.7.